The van der Waals surface area contributed by atoms with Crippen molar-refractivity contribution in [1.29, 1.82) is 0 Å². The second kappa shape index (κ2) is 10.4. The highest BCUT2D eigenvalue weighted by atomic mass is 16.5. The lowest BCUT2D eigenvalue weighted by Gasteiger charge is -2.22. The molecule has 1 unspecified atom stereocenters. The minimum absolute atomic E-state index is 0.136. The molecular weight excluding hydrogens is 194 g/mol. The Balaban J connectivity index is 3.47. The van der Waals surface area contributed by atoms with Gasteiger partial charge < -0.3 is 14.9 Å². The SMILES string of the molecule is CCCCOCC(O)CN(CC)CCO. The summed E-state index contributed by atoms with van der Waals surface area (Å²) in [5, 5.41) is 18.4. The lowest BCUT2D eigenvalue weighted by Crippen LogP contribution is -2.36. The van der Waals surface area contributed by atoms with Crippen molar-refractivity contribution in [1.82, 2.24) is 4.90 Å². The van der Waals surface area contributed by atoms with Gasteiger partial charge in [-0.2, -0.15) is 0 Å². The van der Waals surface area contributed by atoms with E-state index < -0.39 is 6.10 Å². The van der Waals surface area contributed by atoms with Crippen LogP contribution in [0.4, 0.5) is 0 Å². The molecular formula is C11H25NO3. The van der Waals surface area contributed by atoms with Crippen LogP contribution in [0.15, 0.2) is 0 Å². The van der Waals surface area contributed by atoms with Gasteiger partial charge in [0, 0.05) is 19.7 Å². The Morgan fingerprint density at radius 2 is 2.07 bits per heavy atom. The average Bonchev–Trinajstić information content (AvgIpc) is 2.24. The van der Waals surface area contributed by atoms with Crippen LogP contribution in [0, 0.1) is 0 Å². The molecule has 1 atom stereocenters. The fourth-order valence-corrected chi connectivity index (χ4v) is 1.34. The van der Waals surface area contributed by atoms with Gasteiger partial charge >= 0.3 is 0 Å². The van der Waals surface area contributed by atoms with Crippen molar-refractivity contribution in [2.45, 2.75) is 32.8 Å². The van der Waals surface area contributed by atoms with Crippen LogP contribution >= 0.6 is 0 Å². The van der Waals surface area contributed by atoms with Crippen molar-refractivity contribution in [3.8, 4) is 0 Å². The van der Waals surface area contributed by atoms with E-state index in [1.807, 2.05) is 11.8 Å². The van der Waals surface area contributed by atoms with Crippen molar-refractivity contribution < 1.29 is 14.9 Å². The van der Waals surface area contributed by atoms with E-state index in [2.05, 4.69) is 6.92 Å². The first-order valence-corrected chi connectivity index (χ1v) is 5.83. The highest BCUT2D eigenvalue weighted by molar-refractivity contribution is 4.62. The molecule has 4 nitrogen and oxygen atoms in total. The number of hydrogen-bond donors (Lipinski definition) is 2. The van der Waals surface area contributed by atoms with E-state index >= 15 is 0 Å². The Hall–Kier alpha value is -0.160. The lowest BCUT2D eigenvalue weighted by molar-refractivity contribution is 0.0143. The van der Waals surface area contributed by atoms with E-state index in [1.54, 1.807) is 0 Å². The molecule has 0 rings (SSSR count). The number of hydrogen-bond acceptors (Lipinski definition) is 4. The van der Waals surface area contributed by atoms with Crippen molar-refractivity contribution >= 4 is 0 Å². The minimum Gasteiger partial charge on any atom is -0.395 e. The van der Waals surface area contributed by atoms with Crippen molar-refractivity contribution in [3.63, 3.8) is 0 Å². The van der Waals surface area contributed by atoms with E-state index in [9.17, 15) is 5.11 Å². The van der Waals surface area contributed by atoms with Crippen LogP contribution < -0.4 is 0 Å². The summed E-state index contributed by atoms with van der Waals surface area (Å²) in [6.07, 6.45) is 1.70. The summed E-state index contributed by atoms with van der Waals surface area (Å²) >= 11 is 0. The first kappa shape index (κ1) is 14.8. The number of aliphatic hydroxyl groups is 2. The Morgan fingerprint density at radius 3 is 2.60 bits per heavy atom. The molecule has 0 aliphatic heterocycles. The highest BCUT2D eigenvalue weighted by Crippen LogP contribution is 1.95. The Morgan fingerprint density at radius 1 is 1.33 bits per heavy atom. The van der Waals surface area contributed by atoms with Gasteiger partial charge in [0.1, 0.15) is 0 Å². The van der Waals surface area contributed by atoms with Crippen molar-refractivity contribution in [2.75, 3.05) is 39.5 Å². The molecule has 0 aromatic heterocycles. The number of rotatable bonds is 10. The molecule has 0 saturated carbocycles. The highest BCUT2D eigenvalue weighted by Gasteiger charge is 2.09. The van der Waals surface area contributed by atoms with Crippen LogP contribution in [-0.2, 0) is 4.74 Å². The predicted octanol–water partition coefficient (Wildman–Crippen LogP) is 0.478. The summed E-state index contributed by atoms with van der Waals surface area (Å²) < 4.78 is 5.32. The summed E-state index contributed by atoms with van der Waals surface area (Å²) in [6.45, 7) is 7.40. The van der Waals surface area contributed by atoms with E-state index in [0.717, 1.165) is 26.0 Å². The molecule has 0 fully saturated rings. The summed E-state index contributed by atoms with van der Waals surface area (Å²) in [5.41, 5.74) is 0. The Kier molecular flexibility index (Phi) is 10.3. The maximum absolute atomic E-state index is 9.63. The predicted molar refractivity (Wildman–Crippen MR) is 60.9 cm³/mol. The van der Waals surface area contributed by atoms with Gasteiger partial charge in [0.05, 0.1) is 19.3 Å². The number of likely N-dealkylation sites (N-methyl/N-ethyl adjacent to an activating group) is 1. The smallest absolute Gasteiger partial charge is 0.0900 e. The number of aliphatic hydroxyl groups excluding tert-OH is 2. The third-order valence-corrected chi connectivity index (χ3v) is 2.28. The minimum atomic E-state index is -0.451. The third-order valence-electron chi connectivity index (χ3n) is 2.28. The molecule has 4 heteroatoms. The fourth-order valence-electron chi connectivity index (χ4n) is 1.34. The third kappa shape index (κ3) is 8.81. The van der Waals surface area contributed by atoms with Gasteiger partial charge in [0.15, 0.2) is 0 Å². The quantitative estimate of drug-likeness (QED) is 0.525. The molecule has 0 aromatic rings. The Labute approximate surface area is 92.9 Å². The number of nitrogens with zero attached hydrogens (tertiary/aromatic N) is 1. The van der Waals surface area contributed by atoms with Gasteiger partial charge in [-0.1, -0.05) is 20.3 Å². The zero-order valence-corrected chi connectivity index (χ0v) is 9.98. The Bertz CT molecular complexity index is 133. The average molecular weight is 219 g/mol. The second-order valence-corrected chi connectivity index (χ2v) is 3.70. The van der Waals surface area contributed by atoms with Crippen LogP contribution in [0.1, 0.15) is 26.7 Å². The number of unbranched alkanes of at least 4 members (excludes halogenated alkanes) is 1. The monoisotopic (exact) mass is 219 g/mol. The van der Waals surface area contributed by atoms with Crippen LogP contribution in [0.2, 0.25) is 0 Å². The van der Waals surface area contributed by atoms with E-state index in [1.165, 1.54) is 0 Å². The summed E-state index contributed by atoms with van der Waals surface area (Å²) in [4.78, 5) is 2.01. The van der Waals surface area contributed by atoms with Gasteiger partial charge in [-0.3, -0.25) is 4.90 Å². The molecule has 2 N–H and O–H groups in total. The molecule has 0 heterocycles. The van der Waals surface area contributed by atoms with Gasteiger partial charge in [-0.15, -0.1) is 0 Å². The topological polar surface area (TPSA) is 52.9 Å². The maximum Gasteiger partial charge on any atom is 0.0900 e. The van der Waals surface area contributed by atoms with Crippen LogP contribution in [0.5, 0.6) is 0 Å². The van der Waals surface area contributed by atoms with E-state index in [-0.39, 0.29) is 6.61 Å². The molecule has 92 valence electrons. The molecule has 0 spiro atoms. The zero-order valence-electron chi connectivity index (χ0n) is 9.98. The van der Waals surface area contributed by atoms with Crippen molar-refractivity contribution in [2.24, 2.45) is 0 Å². The van der Waals surface area contributed by atoms with Crippen LogP contribution in [0.25, 0.3) is 0 Å². The van der Waals surface area contributed by atoms with Crippen molar-refractivity contribution in [3.05, 3.63) is 0 Å². The molecule has 0 amide bonds. The van der Waals surface area contributed by atoms with Crippen LogP contribution in [0.3, 0.4) is 0 Å². The van der Waals surface area contributed by atoms with Gasteiger partial charge in [0.25, 0.3) is 0 Å². The lowest BCUT2D eigenvalue weighted by atomic mass is 10.3. The van der Waals surface area contributed by atoms with Gasteiger partial charge in [-0.05, 0) is 13.0 Å². The summed E-state index contributed by atoms with van der Waals surface area (Å²) in [5.74, 6) is 0. The van der Waals surface area contributed by atoms with E-state index in [0.29, 0.717) is 19.7 Å². The van der Waals surface area contributed by atoms with Crippen LogP contribution in [-0.4, -0.2) is 60.7 Å². The van der Waals surface area contributed by atoms with E-state index in [4.69, 9.17) is 9.84 Å². The standard InChI is InChI=1S/C11H25NO3/c1-3-5-8-15-10-11(14)9-12(4-2)6-7-13/h11,13-14H,3-10H2,1-2H3. The molecule has 0 aliphatic rings. The largest absolute Gasteiger partial charge is 0.395 e. The normalized spacial score (nSPS) is 13.4. The molecule has 0 radical (unpaired) electrons. The molecule has 0 aromatic carbocycles. The number of ether oxygens (including phenoxy) is 1. The fraction of sp³-hybridized carbons (Fsp3) is 1.00. The van der Waals surface area contributed by atoms with Gasteiger partial charge in [-0.25, -0.2) is 0 Å². The maximum atomic E-state index is 9.63. The zero-order chi connectivity index (χ0) is 11.5. The van der Waals surface area contributed by atoms with Gasteiger partial charge in [0.2, 0.25) is 0 Å². The summed E-state index contributed by atoms with van der Waals surface area (Å²) in [6, 6.07) is 0. The molecule has 0 aliphatic carbocycles. The first-order chi connectivity index (χ1) is 7.24. The molecule has 0 saturated heterocycles. The second-order valence-electron chi connectivity index (χ2n) is 3.70. The first-order valence-electron chi connectivity index (χ1n) is 5.83. The molecule has 0 bridgehead atoms. The summed E-state index contributed by atoms with van der Waals surface area (Å²) in [7, 11) is 0. The molecule has 15 heavy (non-hydrogen) atoms.